The lowest BCUT2D eigenvalue weighted by Gasteiger charge is -2.27. The molecule has 0 aliphatic carbocycles. The molecular weight excluding hydrogens is 422 g/mol. The highest BCUT2D eigenvalue weighted by Crippen LogP contribution is 2.25. The van der Waals surface area contributed by atoms with Crippen molar-refractivity contribution < 1.29 is 9.53 Å². The molecule has 0 amide bonds. The van der Waals surface area contributed by atoms with Crippen molar-refractivity contribution in [2.24, 2.45) is 0 Å². The molecule has 8 heteroatoms. The van der Waals surface area contributed by atoms with Crippen LogP contribution in [-0.4, -0.2) is 57.2 Å². The molecule has 1 aliphatic rings. The van der Waals surface area contributed by atoms with Crippen LogP contribution >= 0.6 is 11.8 Å². The van der Waals surface area contributed by atoms with E-state index in [2.05, 4.69) is 62.3 Å². The van der Waals surface area contributed by atoms with Crippen LogP contribution in [0.4, 0.5) is 5.95 Å². The van der Waals surface area contributed by atoms with E-state index >= 15 is 0 Å². The molecule has 0 N–H and O–H groups in total. The maximum atomic E-state index is 13.1. The molecule has 0 saturated carbocycles. The lowest BCUT2D eigenvalue weighted by Crippen LogP contribution is -2.38. The fraction of sp³-hybridized carbons (Fsp3) is 0.458. The summed E-state index contributed by atoms with van der Waals surface area (Å²) in [5.74, 6) is 1.35. The molecule has 1 saturated heterocycles. The van der Waals surface area contributed by atoms with Crippen molar-refractivity contribution in [1.29, 1.82) is 0 Å². The van der Waals surface area contributed by atoms with Crippen molar-refractivity contribution in [3.63, 3.8) is 0 Å². The van der Waals surface area contributed by atoms with Crippen molar-refractivity contribution in [3.8, 4) is 0 Å². The van der Waals surface area contributed by atoms with E-state index in [0.29, 0.717) is 19.0 Å². The quantitative estimate of drug-likeness (QED) is 0.363. The van der Waals surface area contributed by atoms with Crippen LogP contribution in [0.3, 0.4) is 0 Å². The largest absolute Gasteiger partial charge is 0.378 e. The monoisotopic (exact) mass is 453 g/mol. The van der Waals surface area contributed by atoms with Crippen molar-refractivity contribution in [2.75, 3.05) is 37.0 Å². The van der Waals surface area contributed by atoms with Gasteiger partial charge in [-0.15, -0.1) is 10.2 Å². The summed E-state index contributed by atoms with van der Waals surface area (Å²) < 4.78 is 9.78. The molecule has 3 heterocycles. The summed E-state index contributed by atoms with van der Waals surface area (Å²) in [6.07, 6.45) is 0.948. The first-order valence-electron chi connectivity index (χ1n) is 11.2. The van der Waals surface area contributed by atoms with E-state index in [9.17, 15) is 4.79 Å². The van der Waals surface area contributed by atoms with E-state index < -0.39 is 0 Å². The normalized spacial score (nSPS) is 14.2. The number of rotatable bonds is 9. The molecule has 2 aromatic heterocycles. The van der Waals surface area contributed by atoms with Gasteiger partial charge < -0.3 is 14.2 Å². The van der Waals surface area contributed by atoms with Crippen molar-refractivity contribution >= 4 is 23.5 Å². The topological polar surface area (TPSA) is 65.2 Å². The highest BCUT2D eigenvalue weighted by atomic mass is 32.2. The van der Waals surface area contributed by atoms with Crippen LogP contribution in [0.1, 0.15) is 34.2 Å². The molecule has 4 rings (SSSR count). The van der Waals surface area contributed by atoms with Gasteiger partial charge in [0.1, 0.15) is 0 Å². The first-order chi connectivity index (χ1) is 15.6. The minimum atomic E-state index is 0.132. The Balaban J connectivity index is 1.42. The smallest absolute Gasteiger partial charge is 0.228 e. The molecule has 0 atom stereocenters. The van der Waals surface area contributed by atoms with Crippen LogP contribution in [0.2, 0.25) is 0 Å². The van der Waals surface area contributed by atoms with Crippen molar-refractivity contribution in [1.82, 2.24) is 19.3 Å². The number of anilines is 1. The summed E-state index contributed by atoms with van der Waals surface area (Å²) in [5.41, 5.74) is 4.27. The van der Waals surface area contributed by atoms with E-state index in [0.717, 1.165) is 60.7 Å². The Labute approximate surface area is 193 Å². The van der Waals surface area contributed by atoms with E-state index in [1.165, 1.54) is 17.3 Å². The van der Waals surface area contributed by atoms with Gasteiger partial charge in [0.2, 0.25) is 5.95 Å². The number of carbonyl (C=O) groups is 1. The zero-order valence-electron chi connectivity index (χ0n) is 19.1. The molecule has 7 nitrogen and oxygen atoms in total. The molecule has 1 fully saturated rings. The number of nitrogens with zero attached hydrogens (tertiary/aromatic N) is 5. The summed E-state index contributed by atoms with van der Waals surface area (Å²) in [5, 5.41) is 9.56. The average molecular weight is 454 g/mol. The molecule has 32 heavy (non-hydrogen) atoms. The standard InChI is InChI=1S/C24H31N5O2S/c1-4-28-23(27-12-14-31-15-13-27)25-26-24(28)32-17-22(30)21-16-18(2)29(19(21)3)11-10-20-8-6-5-7-9-20/h5-9,16H,4,10-15,17H2,1-3H3. The van der Waals surface area contributed by atoms with Crippen LogP contribution in [0.25, 0.3) is 0 Å². The molecule has 0 radical (unpaired) electrons. The number of morpholine rings is 1. The summed E-state index contributed by atoms with van der Waals surface area (Å²) in [6, 6.07) is 12.5. The van der Waals surface area contributed by atoms with Gasteiger partial charge in [0, 0.05) is 43.1 Å². The first kappa shape index (κ1) is 22.6. The van der Waals surface area contributed by atoms with Gasteiger partial charge in [-0.2, -0.15) is 0 Å². The molecule has 0 unspecified atom stereocenters. The van der Waals surface area contributed by atoms with Crippen LogP contribution in [0, 0.1) is 13.8 Å². The van der Waals surface area contributed by atoms with Crippen molar-refractivity contribution in [2.45, 2.75) is 45.4 Å². The number of ketones is 1. The molecule has 3 aromatic rings. The predicted octanol–water partition coefficient (Wildman–Crippen LogP) is 3.77. The fourth-order valence-corrected chi connectivity index (χ4v) is 5.06. The zero-order chi connectivity index (χ0) is 22.5. The molecule has 1 aliphatic heterocycles. The molecular formula is C24H31N5O2S. The maximum Gasteiger partial charge on any atom is 0.228 e. The Morgan fingerprint density at radius 2 is 1.84 bits per heavy atom. The Kier molecular flexibility index (Phi) is 7.32. The average Bonchev–Trinajstić information content (AvgIpc) is 3.37. The third-order valence-electron chi connectivity index (χ3n) is 5.98. The lowest BCUT2D eigenvalue weighted by molar-refractivity contribution is 0.102. The number of benzene rings is 1. The van der Waals surface area contributed by atoms with Crippen LogP contribution in [0.5, 0.6) is 0 Å². The Hall–Kier alpha value is -2.58. The highest BCUT2D eigenvalue weighted by molar-refractivity contribution is 7.99. The lowest BCUT2D eigenvalue weighted by atomic mass is 10.1. The Bertz CT molecular complexity index is 1050. The van der Waals surface area contributed by atoms with Gasteiger partial charge in [-0.25, -0.2) is 0 Å². The van der Waals surface area contributed by atoms with Gasteiger partial charge in [0.15, 0.2) is 10.9 Å². The minimum absolute atomic E-state index is 0.132. The van der Waals surface area contributed by atoms with Crippen molar-refractivity contribution in [3.05, 3.63) is 58.9 Å². The Morgan fingerprint density at radius 1 is 1.09 bits per heavy atom. The van der Waals surface area contributed by atoms with E-state index in [4.69, 9.17) is 4.74 Å². The van der Waals surface area contributed by atoms with Gasteiger partial charge in [0.25, 0.3) is 0 Å². The second-order valence-corrected chi connectivity index (χ2v) is 8.95. The second kappa shape index (κ2) is 10.4. The van der Waals surface area contributed by atoms with Gasteiger partial charge in [-0.1, -0.05) is 42.1 Å². The predicted molar refractivity (Wildman–Crippen MR) is 128 cm³/mol. The first-order valence-corrected chi connectivity index (χ1v) is 12.2. The summed E-state index contributed by atoms with van der Waals surface area (Å²) in [4.78, 5) is 15.3. The summed E-state index contributed by atoms with van der Waals surface area (Å²) in [7, 11) is 0. The fourth-order valence-electron chi connectivity index (χ4n) is 4.18. The minimum Gasteiger partial charge on any atom is -0.378 e. The van der Waals surface area contributed by atoms with Gasteiger partial charge >= 0.3 is 0 Å². The zero-order valence-corrected chi connectivity index (χ0v) is 19.9. The van der Waals surface area contributed by atoms with Gasteiger partial charge in [0.05, 0.1) is 19.0 Å². The molecule has 1 aromatic carbocycles. The maximum absolute atomic E-state index is 13.1. The number of ether oxygens (including phenoxy) is 1. The summed E-state index contributed by atoms with van der Waals surface area (Å²) >= 11 is 1.47. The van der Waals surface area contributed by atoms with E-state index in [1.54, 1.807) is 0 Å². The number of aromatic nitrogens is 4. The van der Waals surface area contributed by atoms with Gasteiger partial charge in [-0.05, 0) is 38.8 Å². The van der Waals surface area contributed by atoms with Crippen LogP contribution < -0.4 is 4.90 Å². The van der Waals surface area contributed by atoms with Crippen LogP contribution in [-0.2, 0) is 24.2 Å². The Morgan fingerprint density at radius 3 is 2.56 bits per heavy atom. The number of aryl methyl sites for hydroxylation is 2. The third-order valence-corrected chi connectivity index (χ3v) is 6.95. The molecule has 0 spiro atoms. The number of thioether (sulfide) groups is 1. The second-order valence-electron chi connectivity index (χ2n) is 8.01. The number of hydrogen-bond acceptors (Lipinski definition) is 6. The van der Waals surface area contributed by atoms with Crippen LogP contribution in [0.15, 0.2) is 41.6 Å². The number of Topliss-reactive ketones (excluding diaryl/α,β-unsaturated/α-hetero) is 1. The molecule has 0 bridgehead atoms. The van der Waals surface area contributed by atoms with Gasteiger partial charge in [-0.3, -0.25) is 9.36 Å². The molecule has 170 valence electrons. The highest BCUT2D eigenvalue weighted by Gasteiger charge is 2.21. The summed E-state index contributed by atoms with van der Waals surface area (Å²) in [6.45, 7) is 10.9. The van der Waals surface area contributed by atoms with E-state index in [-0.39, 0.29) is 5.78 Å². The van der Waals surface area contributed by atoms with E-state index in [1.807, 2.05) is 19.1 Å². The number of hydrogen-bond donors (Lipinski definition) is 0. The number of carbonyl (C=O) groups excluding carboxylic acids is 1. The SMILES string of the molecule is CCn1c(SCC(=O)c2cc(C)n(CCc3ccccc3)c2C)nnc1N1CCOCC1. The third kappa shape index (κ3) is 4.91.